The molecule has 5 atom stereocenters. The third-order valence-electron chi connectivity index (χ3n) is 10.2. The van der Waals surface area contributed by atoms with Gasteiger partial charge in [-0.3, -0.25) is 19.2 Å². The molecule has 1 fully saturated rings. The van der Waals surface area contributed by atoms with E-state index in [1.807, 2.05) is 91.0 Å². The van der Waals surface area contributed by atoms with E-state index in [1.165, 1.54) is 18.7 Å². The van der Waals surface area contributed by atoms with Crippen molar-refractivity contribution in [2.75, 3.05) is 13.2 Å². The van der Waals surface area contributed by atoms with E-state index in [0.29, 0.717) is 30.8 Å². The van der Waals surface area contributed by atoms with Crippen LogP contribution in [0.3, 0.4) is 0 Å². The highest BCUT2D eigenvalue weighted by atomic mass is 16.6. The molecule has 1 saturated heterocycles. The molecule has 1 heterocycles. The zero-order chi connectivity index (χ0) is 46.1. The number of nitrogens with zero attached hydrogens (tertiary/aromatic N) is 1. The van der Waals surface area contributed by atoms with Gasteiger partial charge in [0.2, 0.25) is 23.6 Å². The monoisotopic (exact) mass is 877 g/mol. The highest BCUT2D eigenvalue weighted by Gasteiger charge is 2.39. The molecule has 0 unspecified atom stereocenters. The summed E-state index contributed by atoms with van der Waals surface area (Å²) in [6.45, 7) is 8.67. The summed E-state index contributed by atoms with van der Waals surface area (Å²) in [4.78, 5) is 82.5. The summed E-state index contributed by atoms with van der Waals surface area (Å²) in [6, 6.07) is 29.7. The topological polar surface area (TPSA) is 191 Å². The third kappa shape index (κ3) is 15.6. The predicted octanol–water partition coefficient (Wildman–Crippen LogP) is 5.15. The van der Waals surface area contributed by atoms with Crippen molar-refractivity contribution in [2.24, 2.45) is 0 Å². The molecule has 4 N–H and O–H groups in total. The minimum Gasteiger partial charge on any atom is -0.489 e. The Morgan fingerprint density at radius 2 is 1.22 bits per heavy atom. The minimum atomic E-state index is -1.17. The number of nitrogens with one attached hydrogen (secondary N) is 4. The summed E-state index contributed by atoms with van der Waals surface area (Å²) in [5.74, 6) is -2.51. The quantitative estimate of drug-likeness (QED) is 0.0865. The number of rotatable bonds is 20. The van der Waals surface area contributed by atoms with Crippen LogP contribution in [0.4, 0.5) is 4.79 Å². The number of carbonyl (C=O) groups excluding carboxylic acids is 6. The van der Waals surface area contributed by atoms with Crippen LogP contribution in [0.2, 0.25) is 0 Å². The van der Waals surface area contributed by atoms with E-state index >= 15 is 0 Å². The van der Waals surface area contributed by atoms with Gasteiger partial charge in [0, 0.05) is 13.0 Å². The number of esters is 1. The molecule has 1 aliphatic rings. The van der Waals surface area contributed by atoms with E-state index in [9.17, 15) is 28.8 Å². The van der Waals surface area contributed by atoms with E-state index in [-0.39, 0.29) is 32.8 Å². The first kappa shape index (κ1) is 48.3. The van der Waals surface area contributed by atoms with Gasteiger partial charge in [0.15, 0.2) is 0 Å². The molecule has 0 aromatic heterocycles. The van der Waals surface area contributed by atoms with Gasteiger partial charge < -0.3 is 45.1 Å². The first-order valence-electron chi connectivity index (χ1n) is 21.4. The van der Waals surface area contributed by atoms with Crippen LogP contribution >= 0.6 is 0 Å². The van der Waals surface area contributed by atoms with Crippen molar-refractivity contribution in [3.63, 3.8) is 0 Å². The largest absolute Gasteiger partial charge is 0.489 e. The summed E-state index contributed by atoms with van der Waals surface area (Å²) < 4.78 is 22.6. The van der Waals surface area contributed by atoms with Gasteiger partial charge in [-0.05, 0) is 81.8 Å². The van der Waals surface area contributed by atoms with Gasteiger partial charge in [0.25, 0.3) is 0 Å². The molecule has 0 aliphatic carbocycles. The molecule has 64 heavy (non-hydrogen) atoms. The normalized spacial score (nSPS) is 15.4. The molecule has 5 amide bonds. The fraction of sp³-hybridized carbons (Fsp3) is 0.388. The predicted molar refractivity (Wildman–Crippen MR) is 238 cm³/mol. The molecular formula is C49H59N5O10. The van der Waals surface area contributed by atoms with Crippen molar-refractivity contribution in [1.29, 1.82) is 0 Å². The van der Waals surface area contributed by atoms with E-state index in [4.69, 9.17) is 18.9 Å². The van der Waals surface area contributed by atoms with Crippen LogP contribution in [0.1, 0.15) is 69.7 Å². The molecule has 4 aromatic carbocycles. The first-order chi connectivity index (χ1) is 30.6. The zero-order valence-corrected chi connectivity index (χ0v) is 37.0. The summed E-state index contributed by atoms with van der Waals surface area (Å²) >= 11 is 0. The smallest absolute Gasteiger partial charge is 0.408 e. The number of hydrogen-bond acceptors (Lipinski definition) is 10. The van der Waals surface area contributed by atoms with Crippen molar-refractivity contribution in [3.05, 3.63) is 138 Å². The van der Waals surface area contributed by atoms with Crippen LogP contribution in [0, 0.1) is 0 Å². The van der Waals surface area contributed by atoms with Gasteiger partial charge in [0.05, 0.1) is 13.2 Å². The molecule has 340 valence electrons. The lowest BCUT2D eigenvalue weighted by molar-refractivity contribution is -0.148. The molecular weight excluding hydrogens is 819 g/mol. The number of benzene rings is 4. The number of hydrogen-bond donors (Lipinski definition) is 4. The number of likely N-dealkylation sites (tertiary alicyclic amines) is 1. The van der Waals surface area contributed by atoms with Gasteiger partial charge in [-0.2, -0.15) is 0 Å². The van der Waals surface area contributed by atoms with Gasteiger partial charge >= 0.3 is 12.1 Å². The molecule has 0 radical (unpaired) electrons. The van der Waals surface area contributed by atoms with Crippen molar-refractivity contribution in [2.45, 2.75) is 110 Å². The van der Waals surface area contributed by atoms with Crippen LogP contribution < -0.4 is 26.0 Å². The number of carbonyl (C=O) groups is 6. The van der Waals surface area contributed by atoms with Gasteiger partial charge in [0.1, 0.15) is 54.8 Å². The second kappa shape index (κ2) is 23.6. The van der Waals surface area contributed by atoms with E-state index < -0.39 is 71.5 Å². The summed E-state index contributed by atoms with van der Waals surface area (Å²) in [5, 5.41) is 10.7. The van der Waals surface area contributed by atoms with Crippen molar-refractivity contribution in [1.82, 2.24) is 26.2 Å². The fourth-order valence-electron chi connectivity index (χ4n) is 6.80. The zero-order valence-electron chi connectivity index (χ0n) is 37.0. The number of alkyl carbamates (subject to hydrolysis) is 1. The van der Waals surface area contributed by atoms with Crippen LogP contribution in [0.5, 0.6) is 5.75 Å². The average molecular weight is 878 g/mol. The van der Waals surface area contributed by atoms with Crippen LogP contribution in [0.15, 0.2) is 115 Å². The Morgan fingerprint density at radius 1 is 0.641 bits per heavy atom. The Kier molecular flexibility index (Phi) is 17.8. The van der Waals surface area contributed by atoms with Crippen molar-refractivity contribution >= 4 is 35.7 Å². The maximum absolute atomic E-state index is 14.0. The maximum atomic E-state index is 14.0. The molecule has 0 saturated carbocycles. The Bertz CT molecular complexity index is 2150. The molecule has 5 rings (SSSR count). The second-order valence-electron chi connectivity index (χ2n) is 16.6. The van der Waals surface area contributed by atoms with Crippen molar-refractivity contribution in [3.8, 4) is 5.75 Å². The summed E-state index contributed by atoms with van der Waals surface area (Å²) in [5.41, 5.74) is 2.51. The van der Waals surface area contributed by atoms with Gasteiger partial charge in [-0.15, -0.1) is 0 Å². The van der Waals surface area contributed by atoms with E-state index in [0.717, 1.165) is 16.7 Å². The van der Waals surface area contributed by atoms with Crippen LogP contribution in [-0.2, 0) is 64.4 Å². The molecule has 1 aliphatic heterocycles. The lowest BCUT2D eigenvalue weighted by Gasteiger charge is -2.30. The second-order valence-corrected chi connectivity index (χ2v) is 16.6. The molecule has 15 nitrogen and oxygen atoms in total. The fourth-order valence-corrected chi connectivity index (χ4v) is 6.80. The highest BCUT2D eigenvalue weighted by Crippen LogP contribution is 2.20. The van der Waals surface area contributed by atoms with Crippen LogP contribution in [0.25, 0.3) is 0 Å². The minimum absolute atomic E-state index is 0.0168. The summed E-state index contributed by atoms with van der Waals surface area (Å²) in [6.07, 6.45) is 0.0269. The Balaban J connectivity index is 1.23. The SMILES string of the molecule is C[C@@H](NC(=O)[C@@H]1CCCN1C(=O)[C@@H](COCc1ccccc1)NC(=O)OC(C)(C)C)C(=O)N[C@@H](Cc1ccc(OCc2ccccc2)cc1)C(=O)N[C@H](C)C(=O)OCc1ccccc1. The molecule has 15 heteroatoms. The van der Waals surface area contributed by atoms with Crippen molar-refractivity contribution < 1.29 is 47.7 Å². The standard InChI is InChI=1S/C49H59N5O10/c1-33(50-45(57)42-22-15-27-54(42)46(58)41(53-48(60)64-49(3,4)5)32-61-29-36-16-9-6-10-17-36)43(55)52-40(44(56)51-34(2)47(59)63-31-38-20-13-8-14-21-38)28-35-23-25-39(26-24-35)62-30-37-18-11-7-12-19-37/h6-14,16-21,23-26,33-34,40-42H,15,22,27-32H2,1-5H3,(H,50,57)(H,51,56)(H,52,55)(H,53,60)/t33-,34-,40+,41-,42+/m1/s1. The Labute approximate surface area is 374 Å². The third-order valence-corrected chi connectivity index (χ3v) is 10.2. The van der Waals surface area contributed by atoms with Crippen LogP contribution in [-0.4, -0.2) is 89.6 Å². The number of ether oxygens (including phenoxy) is 4. The number of amides is 5. The lowest BCUT2D eigenvalue weighted by atomic mass is 10.0. The summed E-state index contributed by atoms with van der Waals surface area (Å²) in [7, 11) is 0. The van der Waals surface area contributed by atoms with Gasteiger partial charge in [-0.1, -0.05) is 103 Å². The average Bonchev–Trinajstić information content (AvgIpc) is 3.78. The highest BCUT2D eigenvalue weighted by molar-refractivity contribution is 5.96. The van der Waals surface area contributed by atoms with Gasteiger partial charge in [-0.25, -0.2) is 9.59 Å². The lowest BCUT2D eigenvalue weighted by Crippen LogP contribution is -2.58. The molecule has 4 aromatic rings. The van der Waals surface area contributed by atoms with E-state index in [2.05, 4.69) is 21.3 Å². The van der Waals surface area contributed by atoms with E-state index in [1.54, 1.807) is 45.0 Å². The Morgan fingerprint density at radius 3 is 1.81 bits per heavy atom. The Hall–Kier alpha value is -6.74. The molecule has 0 spiro atoms. The maximum Gasteiger partial charge on any atom is 0.408 e. The first-order valence-corrected chi connectivity index (χ1v) is 21.4. The molecule has 0 bridgehead atoms.